The van der Waals surface area contributed by atoms with E-state index >= 15 is 0 Å². The second-order valence-corrected chi connectivity index (χ2v) is 3.09. The Morgan fingerprint density at radius 3 is 2.50 bits per heavy atom. The molecular formula is C8H5Cl2FO. The van der Waals surface area contributed by atoms with E-state index in [0.717, 1.165) is 0 Å². The zero-order chi connectivity index (χ0) is 9.30. The molecule has 0 aromatic heterocycles. The average Bonchev–Trinajstić information content (AvgIpc) is 2.02. The van der Waals surface area contributed by atoms with Crippen molar-refractivity contribution in [2.75, 3.05) is 0 Å². The Bertz CT molecular complexity index is 310. The zero-order valence-electron chi connectivity index (χ0n) is 6.20. The highest BCUT2D eigenvalue weighted by atomic mass is 35.5. The van der Waals surface area contributed by atoms with Crippen molar-refractivity contribution in [2.24, 2.45) is 0 Å². The van der Waals surface area contributed by atoms with Crippen molar-refractivity contribution in [3.63, 3.8) is 0 Å². The predicted molar refractivity (Wildman–Crippen MR) is 46.5 cm³/mol. The number of carbonyl (C=O) groups excluding carboxylic acids is 1. The van der Waals surface area contributed by atoms with Gasteiger partial charge in [0.05, 0.1) is 15.6 Å². The maximum atomic E-state index is 12.9. The topological polar surface area (TPSA) is 17.1 Å². The van der Waals surface area contributed by atoms with Crippen molar-refractivity contribution >= 4 is 29.5 Å². The number of hydrogen-bond acceptors (Lipinski definition) is 1. The van der Waals surface area contributed by atoms with E-state index in [1.807, 2.05) is 0 Å². The molecule has 0 spiro atoms. The van der Waals surface area contributed by atoms with E-state index < -0.39 is 5.82 Å². The number of aldehydes is 1. The Labute approximate surface area is 79.1 Å². The minimum Gasteiger partial charge on any atom is -0.298 e. The summed E-state index contributed by atoms with van der Waals surface area (Å²) in [5, 5.41) is -0.0167. The molecule has 0 saturated carbocycles. The highest BCUT2D eigenvalue weighted by Gasteiger charge is 2.12. The van der Waals surface area contributed by atoms with Crippen molar-refractivity contribution in [3.8, 4) is 0 Å². The molecule has 0 unspecified atom stereocenters. The molecular weight excluding hydrogens is 202 g/mol. The minimum absolute atomic E-state index is 0.0100. The van der Waals surface area contributed by atoms with Crippen LogP contribution in [0, 0.1) is 12.7 Å². The van der Waals surface area contributed by atoms with Crippen molar-refractivity contribution in [2.45, 2.75) is 6.92 Å². The lowest BCUT2D eigenvalue weighted by molar-refractivity contribution is 0.112. The molecule has 64 valence electrons. The summed E-state index contributed by atoms with van der Waals surface area (Å²) < 4.78 is 12.9. The Morgan fingerprint density at radius 2 is 2.00 bits per heavy atom. The second-order valence-electron chi connectivity index (χ2n) is 2.33. The molecule has 0 fully saturated rings. The Kier molecular flexibility index (Phi) is 2.70. The molecule has 0 bridgehead atoms. The van der Waals surface area contributed by atoms with E-state index in [1.54, 1.807) is 6.92 Å². The average molecular weight is 207 g/mol. The molecule has 0 aliphatic carbocycles. The monoisotopic (exact) mass is 206 g/mol. The third kappa shape index (κ3) is 1.45. The van der Waals surface area contributed by atoms with Crippen LogP contribution in [0.15, 0.2) is 6.07 Å². The number of benzene rings is 1. The van der Waals surface area contributed by atoms with Crippen molar-refractivity contribution in [1.82, 2.24) is 0 Å². The van der Waals surface area contributed by atoms with Crippen LogP contribution in [0.2, 0.25) is 10.0 Å². The summed E-state index contributed by atoms with van der Waals surface area (Å²) in [7, 11) is 0. The van der Waals surface area contributed by atoms with Crippen LogP contribution in [0.4, 0.5) is 4.39 Å². The van der Waals surface area contributed by atoms with Gasteiger partial charge in [0.1, 0.15) is 5.82 Å². The van der Waals surface area contributed by atoms with Crippen LogP contribution >= 0.6 is 23.2 Å². The van der Waals surface area contributed by atoms with E-state index in [1.165, 1.54) is 6.07 Å². The summed E-state index contributed by atoms with van der Waals surface area (Å²) in [6.45, 7) is 1.61. The standard InChI is InChI=1S/C8H5Cl2FO/c1-4-2-6(11)8(10)5(3-12)7(4)9/h2-3H,1H3. The molecule has 0 aliphatic heterocycles. The zero-order valence-corrected chi connectivity index (χ0v) is 7.71. The third-order valence-corrected chi connectivity index (χ3v) is 2.38. The highest BCUT2D eigenvalue weighted by Crippen LogP contribution is 2.28. The number of hydrogen-bond donors (Lipinski definition) is 0. The normalized spacial score (nSPS) is 10.0. The molecule has 4 heteroatoms. The van der Waals surface area contributed by atoms with Gasteiger partial charge < -0.3 is 0 Å². The molecule has 0 atom stereocenters. The van der Waals surface area contributed by atoms with Gasteiger partial charge in [-0.25, -0.2) is 4.39 Å². The van der Waals surface area contributed by atoms with Crippen LogP contribution in [0.25, 0.3) is 0 Å². The fourth-order valence-electron chi connectivity index (χ4n) is 0.858. The van der Waals surface area contributed by atoms with Crippen LogP contribution < -0.4 is 0 Å². The maximum absolute atomic E-state index is 12.9. The number of halogens is 3. The van der Waals surface area contributed by atoms with Gasteiger partial charge in [-0.05, 0) is 18.6 Å². The lowest BCUT2D eigenvalue weighted by atomic mass is 10.1. The molecule has 1 rings (SSSR count). The third-order valence-electron chi connectivity index (χ3n) is 1.49. The number of carbonyl (C=O) groups is 1. The molecule has 0 aliphatic rings. The Hall–Kier alpha value is -0.600. The summed E-state index contributed by atoms with van der Waals surface area (Å²) in [6, 6.07) is 1.19. The van der Waals surface area contributed by atoms with Crippen molar-refractivity contribution in [1.29, 1.82) is 0 Å². The van der Waals surface area contributed by atoms with Gasteiger partial charge in [0.2, 0.25) is 0 Å². The first-order chi connectivity index (χ1) is 5.57. The first-order valence-corrected chi connectivity index (χ1v) is 3.92. The molecule has 0 amide bonds. The van der Waals surface area contributed by atoms with E-state index in [9.17, 15) is 9.18 Å². The molecule has 1 aromatic rings. The van der Waals surface area contributed by atoms with E-state index in [2.05, 4.69) is 0 Å². The molecule has 1 nitrogen and oxygen atoms in total. The van der Waals surface area contributed by atoms with E-state index in [0.29, 0.717) is 11.8 Å². The van der Waals surface area contributed by atoms with Crippen molar-refractivity contribution in [3.05, 3.63) is 33.1 Å². The molecule has 0 N–H and O–H groups in total. The van der Waals surface area contributed by atoms with Gasteiger partial charge in [-0.15, -0.1) is 0 Å². The summed E-state index contributed by atoms with van der Waals surface area (Å²) in [6.07, 6.45) is 0.445. The van der Waals surface area contributed by atoms with Crippen LogP contribution in [0.1, 0.15) is 15.9 Å². The molecule has 1 aromatic carbocycles. The minimum atomic E-state index is -0.624. The van der Waals surface area contributed by atoms with Crippen molar-refractivity contribution < 1.29 is 9.18 Å². The SMILES string of the molecule is Cc1cc(F)c(Cl)c(C=O)c1Cl. The number of rotatable bonds is 1. The van der Waals surface area contributed by atoms with Gasteiger partial charge in [-0.1, -0.05) is 23.2 Å². The predicted octanol–water partition coefficient (Wildman–Crippen LogP) is 3.25. The Morgan fingerprint density at radius 1 is 1.42 bits per heavy atom. The first-order valence-electron chi connectivity index (χ1n) is 3.17. The molecule has 0 radical (unpaired) electrons. The lowest BCUT2D eigenvalue weighted by Gasteiger charge is -2.03. The maximum Gasteiger partial charge on any atom is 0.153 e. The summed E-state index contributed by atoms with van der Waals surface area (Å²) in [5.41, 5.74) is 0.511. The fraction of sp³-hybridized carbons (Fsp3) is 0.125. The van der Waals surface area contributed by atoms with Crippen LogP contribution in [-0.4, -0.2) is 6.29 Å². The van der Waals surface area contributed by atoms with Crippen LogP contribution in [0.5, 0.6) is 0 Å². The molecule has 0 saturated heterocycles. The second kappa shape index (κ2) is 3.42. The van der Waals surface area contributed by atoms with Gasteiger partial charge in [0.25, 0.3) is 0 Å². The van der Waals surface area contributed by atoms with Crippen LogP contribution in [-0.2, 0) is 0 Å². The lowest BCUT2D eigenvalue weighted by Crippen LogP contribution is -1.91. The van der Waals surface area contributed by atoms with E-state index in [-0.39, 0.29) is 15.6 Å². The number of aryl methyl sites for hydroxylation is 1. The molecule has 0 heterocycles. The highest BCUT2D eigenvalue weighted by molar-refractivity contribution is 6.39. The van der Waals surface area contributed by atoms with Crippen LogP contribution in [0.3, 0.4) is 0 Å². The van der Waals surface area contributed by atoms with Gasteiger partial charge >= 0.3 is 0 Å². The summed E-state index contributed by atoms with van der Waals surface area (Å²) in [5.74, 6) is -0.624. The van der Waals surface area contributed by atoms with Gasteiger partial charge in [-0.2, -0.15) is 0 Å². The van der Waals surface area contributed by atoms with Gasteiger partial charge in [0.15, 0.2) is 6.29 Å². The van der Waals surface area contributed by atoms with Gasteiger partial charge in [0, 0.05) is 0 Å². The quantitative estimate of drug-likeness (QED) is 0.510. The molecule has 12 heavy (non-hydrogen) atoms. The summed E-state index contributed by atoms with van der Waals surface area (Å²) >= 11 is 11.2. The first kappa shape index (κ1) is 9.49. The fourth-order valence-corrected chi connectivity index (χ4v) is 1.29. The summed E-state index contributed by atoms with van der Waals surface area (Å²) in [4.78, 5) is 10.4. The Balaban J connectivity index is 3.52. The van der Waals surface area contributed by atoms with Gasteiger partial charge in [-0.3, -0.25) is 4.79 Å². The largest absolute Gasteiger partial charge is 0.298 e. The van der Waals surface area contributed by atoms with E-state index in [4.69, 9.17) is 23.2 Å². The smallest absolute Gasteiger partial charge is 0.153 e.